The van der Waals surface area contributed by atoms with Crippen molar-refractivity contribution in [3.8, 4) is 0 Å². The Morgan fingerprint density at radius 2 is 2.00 bits per heavy atom. The van der Waals surface area contributed by atoms with Gasteiger partial charge in [0.25, 0.3) is 5.91 Å². The van der Waals surface area contributed by atoms with E-state index < -0.39 is 11.9 Å². The lowest BCUT2D eigenvalue weighted by Gasteiger charge is -2.01. The van der Waals surface area contributed by atoms with E-state index in [1.165, 1.54) is 0 Å². The quantitative estimate of drug-likeness (QED) is 0.888. The average Bonchev–Trinajstić information content (AvgIpc) is 2.83. The lowest BCUT2D eigenvalue weighted by Crippen LogP contribution is -2.26. The van der Waals surface area contributed by atoms with E-state index in [9.17, 15) is 9.59 Å². The summed E-state index contributed by atoms with van der Waals surface area (Å²) in [6.45, 7) is 2.00. The van der Waals surface area contributed by atoms with Gasteiger partial charge in [-0.25, -0.2) is 4.79 Å². The summed E-state index contributed by atoms with van der Waals surface area (Å²) < 4.78 is 2.08. The second kappa shape index (κ2) is 4.05. The van der Waals surface area contributed by atoms with Crippen LogP contribution >= 0.6 is 0 Å². The maximum atomic E-state index is 11.6. The van der Waals surface area contributed by atoms with E-state index in [1.807, 2.05) is 38.2 Å². The Kier molecular flexibility index (Phi) is 2.48. The Balaban J connectivity index is 2.11. The number of urea groups is 1. The summed E-state index contributed by atoms with van der Waals surface area (Å²) in [5.41, 5.74) is 3.52. The van der Waals surface area contributed by atoms with E-state index in [1.54, 1.807) is 0 Å². The average molecular weight is 255 g/mol. The highest BCUT2D eigenvalue weighted by molar-refractivity contribution is 6.46. The monoisotopic (exact) mass is 255 g/mol. The SMILES string of the molecule is Cc1c(CC2=NC(=O)NC2=O)c2ccccc2n1C. The van der Waals surface area contributed by atoms with Gasteiger partial charge in [0, 0.05) is 30.1 Å². The second-order valence-electron chi connectivity index (χ2n) is 4.63. The number of fused-ring (bicyclic) bond motifs is 1. The van der Waals surface area contributed by atoms with E-state index in [2.05, 4.69) is 14.9 Å². The number of carbonyl (C=O) groups excluding carboxylic acids is 2. The highest BCUT2D eigenvalue weighted by Gasteiger charge is 2.25. The summed E-state index contributed by atoms with van der Waals surface area (Å²) in [6, 6.07) is 7.43. The number of para-hydroxylation sites is 1. The van der Waals surface area contributed by atoms with Crippen LogP contribution in [-0.2, 0) is 18.3 Å². The molecule has 0 saturated heterocycles. The molecular formula is C14H13N3O2. The molecule has 96 valence electrons. The molecule has 1 aliphatic rings. The molecule has 3 rings (SSSR count). The molecular weight excluding hydrogens is 242 g/mol. The smallest absolute Gasteiger partial charge is 0.348 e. The Morgan fingerprint density at radius 1 is 1.26 bits per heavy atom. The first-order valence-corrected chi connectivity index (χ1v) is 6.03. The van der Waals surface area contributed by atoms with Crippen LogP contribution in [0, 0.1) is 6.92 Å². The molecule has 0 aliphatic carbocycles. The zero-order valence-electron chi connectivity index (χ0n) is 10.7. The molecule has 0 saturated carbocycles. The van der Waals surface area contributed by atoms with E-state index in [0.717, 1.165) is 22.2 Å². The number of aromatic nitrogens is 1. The molecule has 2 heterocycles. The lowest BCUT2D eigenvalue weighted by molar-refractivity contribution is -0.113. The third kappa shape index (κ3) is 1.74. The van der Waals surface area contributed by atoms with Crippen LogP contribution in [0.25, 0.3) is 10.9 Å². The van der Waals surface area contributed by atoms with Gasteiger partial charge in [0.05, 0.1) is 0 Å². The molecule has 1 N–H and O–H groups in total. The molecule has 5 heteroatoms. The van der Waals surface area contributed by atoms with Gasteiger partial charge in [-0.1, -0.05) is 18.2 Å². The van der Waals surface area contributed by atoms with Crippen LogP contribution in [0.5, 0.6) is 0 Å². The molecule has 0 fully saturated rings. The number of aliphatic imine (C=N–C) groups is 1. The zero-order valence-corrected chi connectivity index (χ0v) is 10.7. The Hall–Kier alpha value is -2.43. The normalized spacial score (nSPS) is 14.9. The summed E-state index contributed by atoms with van der Waals surface area (Å²) >= 11 is 0. The molecule has 19 heavy (non-hydrogen) atoms. The molecule has 0 radical (unpaired) electrons. The fourth-order valence-corrected chi connectivity index (χ4v) is 2.48. The molecule has 1 aromatic heterocycles. The number of benzene rings is 1. The topological polar surface area (TPSA) is 63.5 Å². The van der Waals surface area contributed by atoms with Gasteiger partial charge in [-0.3, -0.25) is 10.1 Å². The van der Waals surface area contributed by atoms with Crippen molar-refractivity contribution < 1.29 is 9.59 Å². The van der Waals surface area contributed by atoms with Crippen molar-refractivity contribution in [3.63, 3.8) is 0 Å². The number of aryl methyl sites for hydroxylation is 1. The van der Waals surface area contributed by atoms with Crippen molar-refractivity contribution in [1.29, 1.82) is 0 Å². The van der Waals surface area contributed by atoms with E-state index in [0.29, 0.717) is 6.42 Å². The predicted octanol–water partition coefficient (Wildman–Crippen LogP) is 1.72. The number of nitrogens with one attached hydrogen (secondary N) is 1. The summed E-state index contributed by atoms with van der Waals surface area (Å²) in [6.07, 6.45) is 0.380. The molecule has 2 aromatic rings. The maximum Gasteiger partial charge on any atom is 0.348 e. The fourth-order valence-electron chi connectivity index (χ4n) is 2.48. The van der Waals surface area contributed by atoms with Crippen molar-refractivity contribution in [3.05, 3.63) is 35.5 Å². The van der Waals surface area contributed by atoms with Crippen molar-refractivity contribution >= 4 is 28.6 Å². The molecule has 3 amide bonds. The molecule has 0 bridgehead atoms. The van der Waals surface area contributed by atoms with Gasteiger partial charge in [0.15, 0.2) is 0 Å². The summed E-state index contributed by atoms with van der Waals surface area (Å²) in [4.78, 5) is 26.4. The highest BCUT2D eigenvalue weighted by Crippen LogP contribution is 2.25. The number of imide groups is 1. The van der Waals surface area contributed by atoms with E-state index >= 15 is 0 Å². The summed E-state index contributed by atoms with van der Waals surface area (Å²) in [5.74, 6) is -0.391. The summed E-state index contributed by atoms with van der Waals surface area (Å²) in [5, 5.41) is 3.27. The van der Waals surface area contributed by atoms with Crippen molar-refractivity contribution in [2.75, 3.05) is 0 Å². The molecule has 0 unspecified atom stereocenters. The minimum absolute atomic E-state index is 0.282. The Labute approximate surface area is 109 Å². The van der Waals surface area contributed by atoms with Crippen LogP contribution < -0.4 is 5.32 Å². The van der Waals surface area contributed by atoms with Crippen LogP contribution in [0.15, 0.2) is 29.3 Å². The van der Waals surface area contributed by atoms with Gasteiger partial charge in [0.2, 0.25) is 0 Å². The fraction of sp³-hybridized carbons (Fsp3) is 0.214. The first kappa shape index (κ1) is 11.6. The highest BCUT2D eigenvalue weighted by atomic mass is 16.2. The van der Waals surface area contributed by atoms with Crippen LogP contribution in [0.2, 0.25) is 0 Å². The van der Waals surface area contributed by atoms with Gasteiger partial charge in [-0.2, -0.15) is 4.99 Å². The molecule has 5 nitrogen and oxygen atoms in total. The van der Waals surface area contributed by atoms with E-state index in [4.69, 9.17) is 0 Å². The number of rotatable bonds is 2. The van der Waals surface area contributed by atoms with Crippen LogP contribution in [0.4, 0.5) is 4.79 Å². The number of hydrogen-bond acceptors (Lipinski definition) is 2. The van der Waals surface area contributed by atoms with Gasteiger partial charge in [0.1, 0.15) is 5.71 Å². The van der Waals surface area contributed by atoms with Crippen molar-refractivity contribution in [2.45, 2.75) is 13.3 Å². The number of amides is 3. The van der Waals surface area contributed by atoms with Crippen molar-refractivity contribution in [1.82, 2.24) is 9.88 Å². The second-order valence-corrected chi connectivity index (χ2v) is 4.63. The van der Waals surface area contributed by atoms with Crippen LogP contribution in [0.1, 0.15) is 11.3 Å². The molecule has 0 spiro atoms. The number of carbonyl (C=O) groups is 2. The largest absolute Gasteiger partial charge is 0.348 e. The molecule has 1 aromatic carbocycles. The number of nitrogens with zero attached hydrogens (tertiary/aromatic N) is 2. The molecule has 0 atom stereocenters. The summed E-state index contributed by atoms with van der Waals surface area (Å²) in [7, 11) is 1.99. The minimum Gasteiger partial charge on any atom is -0.348 e. The zero-order chi connectivity index (χ0) is 13.6. The van der Waals surface area contributed by atoms with Gasteiger partial charge >= 0.3 is 6.03 Å². The van der Waals surface area contributed by atoms with Gasteiger partial charge in [-0.15, -0.1) is 0 Å². The standard InChI is InChI=1S/C14H13N3O2/c1-8-10(7-11-13(18)16-14(19)15-11)9-5-3-4-6-12(9)17(8)2/h3-6H,7H2,1-2H3,(H,16,18,19). The first-order valence-electron chi connectivity index (χ1n) is 6.03. The third-order valence-electron chi connectivity index (χ3n) is 3.59. The maximum absolute atomic E-state index is 11.6. The third-order valence-corrected chi connectivity index (χ3v) is 3.59. The van der Waals surface area contributed by atoms with Crippen LogP contribution in [-0.4, -0.2) is 22.2 Å². The Bertz CT molecular complexity index is 740. The minimum atomic E-state index is -0.571. The van der Waals surface area contributed by atoms with Crippen molar-refractivity contribution in [2.24, 2.45) is 12.0 Å². The van der Waals surface area contributed by atoms with Gasteiger partial charge < -0.3 is 4.57 Å². The van der Waals surface area contributed by atoms with Gasteiger partial charge in [-0.05, 0) is 18.6 Å². The number of hydrogen-bond donors (Lipinski definition) is 1. The lowest BCUT2D eigenvalue weighted by atomic mass is 10.0. The Morgan fingerprint density at radius 3 is 2.68 bits per heavy atom. The first-order chi connectivity index (χ1) is 9.08. The van der Waals surface area contributed by atoms with Crippen LogP contribution in [0.3, 0.4) is 0 Å². The van der Waals surface area contributed by atoms with E-state index in [-0.39, 0.29) is 5.71 Å². The molecule has 1 aliphatic heterocycles. The predicted molar refractivity (Wildman–Crippen MR) is 72.3 cm³/mol.